The third-order valence-corrected chi connectivity index (χ3v) is 5.07. The molecule has 0 spiro atoms. The van der Waals surface area contributed by atoms with Crippen LogP contribution < -0.4 is 11.1 Å². The van der Waals surface area contributed by atoms with Crippen LogP contribution in [0.2, 0.25) is 0 Å². The summed E-state index contributed by atoms with van der Waals surface area (Å²) in [6.45, 7) is 0. The average molecular weight is 345 g/mol. The van der Waals surface area contributed by atoms with Gasteiger partial charge in [-0.1, -0.05) is 48.5 Å². The molecule has 0 aliphatic heterocycles. The van der Waals surface area contributed by atoms with Crippen molar-refractivity contribution in [3.63, 3.8) is 0 Å². The van der Waals surface area contributed by atoms with Gasteiger partial charge in [-0.25, -0.2) is 0 Å². The van der Waals surface area contributed by atoms with Gasteiger partial charge in [0.15, 0.2) is 0 Å². The van der Waals surface area contributed by atoms with Crippen molar-refractivity contribution in [3.05, 3.63) is 59.7 Å². The quantitative estimate of drug-likeness (QED) is 0.783. The Morgan fingerprint density at radius 2 is 1.54 bits per heavy atom. The van der Waals surface area contributed by atoms with Crippen LogP contribution in [-0.2, 0) is 4.79 Å². The van der Waals surface area contributed by atoms with Gasteiger partial charge in [-0.15, -0.1) is 12.4 Å². The molecule has 0 bridgehead atoms. The largest absolute Gasteiger partial charge is 0.391 e. The molecule has 1 amide bonds. The lowest BCUT2D eigenvalue weighted by Crippen LogP contribution is -2.33. The van der Waals surface area contributed by atoms with Gasteiger partial charge in [0, 0.05) is 12.0 Å². The summed E-state index contributed by atoms with van der Waals surface area (Å²) in [4.78, 5) is 12.6. The zero-order valence-corrected chi connectivity index (χ0v) is 14.0. The molecule has 2 aliphatic rings. The lowest BCUT2D eigenvalue weighted by Gasteiger charge is -2.18. The van der Waals surface area contributed by atoms with Crippen LogP contribution in [0, 0.1) is 5.92 Å². The molecule has 2 aromatic rings. The molecule has 3 atom stereocenters. The number of nitrogens with one attached hydrogen (secondary N) is 1. The predicted octanol–water partition coefficient (Wildman–Crippen LogP) is 2.39. The van der Waals surface area contributed by atoms with E-state index in [1.54, 1.807) is 0 Å². The van der Waals surface area contributed by atoms with Crippen molar-refractivity contribution in [2.45, 2.75) is 31.0 Å². The molecule has 1 saturated carbocycles. The summed E-state index contributed by atoms with van der Waals surface area (Å²) < 4.78 is 0. The SMILES string of the molecule is Cl.N[C@H]1C[C@H](C(=O)NC2c3ccccc3-c3ccccc32)C[C@@H]1O. The van der Waals surface area contributed by atoms with Crippen LogP contribution in [0.25, 0.3) is 11.1 Å². The van der Waals surface area contributed by atoms with Gasteiger partial charge in [0.2, 0.25) is 5.91 Å². The lowest BCUT2D eigenvalue weighted by atomic mass is 10.0. The van der Waals surface area contributed by atoms with E-state index in [-0.39, 0.29) is 36.3 Å². The first-order valence-corrected chi connectivity index (χ1v) is 8.07. The summed E-state index contributed by atoms with van der Waals surface area (Å²) in [5.41, 5.74) is 10.5. The van der Waals surface area contributed by atoms with Crippen LogP contribution in [0.3, 0.4) is 0 Å². The zero-order valence-electron chi connectivity index (χ0n) is 13.2. The molecule has 4 nitrogen and oxygen atoms in total. The van der Waals surface area contributed by atoms with E-state index in [0.29, 0.717) is 12.8 Å². The number of hydrogen-bond acceptors (Lipinski definition) is 3. The number of carbonyl (C=O) groups is 1. The number of nitrogens with two attached hydrogens (primary N) is 1. The Labute approximate surface area is 147 Å². The molecule has 4 rings (SSSR count). The molecule has 0 heterocycles. The fourth-order valence-electron chi connectivity index (χ4n) is 3.83. The lowest BCUT2D eigenvalue weighted by molar-refractivity contribution is -0.125. The van der Waals surface area contributed by atoms with E-state index in [9.17, 15) is 9.90 Å². The van der Waals surface area contributed by atoms with E-state index in [1.807, 2.05) is 24.3 Å². The third-order valence-electron chi connectivity index (χ3n) is 5.07. The van der Waals surface area contributed by atoms with Gasteiger partial charge in [-0.3, -0.25) is 4.79 Å². The summed E-state index contributed by atoms with van der Waals surface area (Å²) in [5, 5.41) is 13.0. The highest BCUT2D eigenvalue weighted by Crippen LogP contribution is 2.43. The van der Waals surface area contributed by atoms with E-state index in [1.165, 1.54) is 11.1 Å². The monoisotopic (exact) mass is 344 g/mol. The van der Waals surface area contributed by atoms with Gasteiger partial charge < -0.3 is 16.2 Å². The molecular weight excluding hydrogens is 324 g/mol. The van der Waals surface area contributed by atoms with Crippen LogP contribution >= 0.6 is 12.4 Å². The highest BCUT2D eigenvalue weighted by atomic mass is 35.5. The van der Waals surface area contributed by atoms with Crippen LogP contribution in [-0.4, -0.2) is 23.2 Å². The first kappa shape index (κ1) is 17.0. The van der Waals surface area contributed by atoms with Crippen molar-refractivity contribution < 1.29 is 9.90 Å². The minimum absolute atomic E-state index is 0. The summed E-state index contributed by atoms with van der Waals surface area (Å²) in [7, 11) is 0. The van der Waals surface area contributed by atoms with Crippen molar-refractivity contribution in [2.75, 3.05) is 0 Å². The minimum atomic E-state index is -0.575. The number of hydrogen-bond donors (Lipinski definition) is 3. The molecular formula is C19H21ClN2O2. The number of aliphatic hydroxyl groups is 1. The second-order valence-corrected chi connectivity index (χ2v) is 6.52. The topological polar surface area (TPSA) is 75.4 Å². The van der Waals surface area contributed by atoms with E-state index >= 15 is 0 Å². The standard InChI is InChI=1S/C19H20N2O2.ClH/c20-16-9-11(10-17(16)22)19(23)21-18-14-7-3-1-5-12(14)13-6-2-4-8-15(13)18;/h1-8,11,16-18,22H,9-10,20H2,(H,21,23);1H/t11-,16-,17-;/m0./s1. The number of amides is 1. The molecule has 126 valence electrons. The Bertz CT molecular complexity index is 709. The van der Waals surface area contributed by atoms with Crippen LogP contribution in [0.4, 0.5) is 0 Å². The number of benzene rings is 2. The summed E-state index contributed by atoms with van der Waals surface area (Å²) in [5.74, 6) is -0.228. The Kier molecular flexibility index (Phi) is 4.63. The smallest absolute Gasteiger partial charge is 0.224 e. The van der Waals surface area contributed by atoms with Crippen molar-refractivity contribution in [1.82, 2.24) is 5.32 Å². The van der Waals surface area contributed by atoms with Crippen LogP contribution in [0.15, 0.2) is 48.5 Å². The normalized spacial score (nSPS) is 24.8. The molecule has 1 fully saturated rings. The van der Waals surface area contributed by atoms with E-state index in [0.717, 1.165) is 11.1 Å². The maximum Gasteiger partial charge on any atom is 0.224 e. The van der Waals surface area contributed by atoms with Gasteiger partial charge in [0.1, 0.15) is 0 Å². The molecule has 24 heavy (non-hydrogen) atoms. The minimum Gasteiger partial charge on any atom is -0.391 e. The number of aliphatic hydroxyl groups excluding tert-OH is 1. The van der Waals surface area contributed by atoms with E-state index in [4.69, 9.17) is 5.73 Å². The fraction of sp³-hybridized carbons (Fsp3) is 0.316. The third kappa shape index (κ3) is 2.71. The van der Waals surface area contributed by atoms with Gasteiger partial charge >= 0.3 is 0 Å². The van der Waals surface area contributed by atoms with Gasteiger partial charge in [0.25, 0.3) is 0 Å². The molecule has 4 N–H and O–H groups in total. The zero-order chi connectivity index (χ0) is 16.0. The summed E-state index contributed by atoms with van der Waals surface area (Å²) in [6, 6.07) is 15.9. The average Bonchev–Trinajstić information content (AvgIpc) is 3.07. The summed E-state index contributed by atoms with van der Waals surface area (Å²) >= 11 is 0. The first-order valence-electron chi connectivity index (χ1n) is 8.07. The number of rotatable bonds is 2. The molecule has 0 unspecified atom stereocenters. The predicted molar refractivity (Wildman–Crippen MR) is 95.8 cm³/mol. The van der Waals surface area contributed by atoms with E-state index in [2.05, 4.69) is 29.6 Å². The molecule has 0 radical (unpaired) electrons. The maximum absolute atomic E-state index is 12.6. The Hall–Kier alpha value is -1.88. The van der Waals surface area contributed by atoms with Gasteiger partial charge in [0.05, 0.1) is 12.1 Å². The maximum atomic E-state index is 12.6. The van der Waals surface area contributed by atoms with Crippen LogP contribution in [0.5, 0.6) is 0 Å². The molecule has 0 saturated heterocycles. The Balaban J connectivity index is 0.00000169. The number of halogens is 1. The van der Waals surface area contributed by atoms with Crippen LogP contribution in [0.1, 0.15) is 30.0 Å². The number of carbonyl (C=O) groups excluding carboxylic acids is 1. The molecule has 2 aliphatic carbocycles. The Morgan fingerprint density at radius 1 is 1.00 bits per heavy atom. The van der Waals surface area contributed by atoms with Gasteiger partial charge in [-0.2, -0.15) is 0 Å². The van der Waals surface area contributed by atoms with Crippen molar-refractivity contribution in [2.24, 2.45) is 11.7 Å². The summed E-state index contributed by atoms with van der Waals surface area (Å²) in [6.07, 6.45) is 0.417. The van der Waals surface area contributed by atoms with Crippen molar-refractivity contribution >= 4 is 18.3 Å². The van der Waals surface area contributed by atoms with Crippen molar-refractivity contribution in [1.29, 1.82) is 0 Å². The number of fused-ring (bicyclic) bond motifs is 3. The van der Waals surface area contributed by atoms with Gasteiger partial charge in [-0.05, 0) is 35.1 Å². The molecule has 0 aromatic heterocycles. The molecule has 5 heteroatoms. The highest BCUT2D eigenvalue weighted by Gasteiger charge is 2.37. The fourth-order valence-corrected chi connectivity index (χ4v) is 3.83. The second kappa shape index (κ2) is 6.55. The first-order chi connectivity index (χ1) is 11.1. The second-order valence-electron chi connectivity index (χ2n) is 6.52. The van der Waals surface area contributed by atoms with Crippen molar-refractivity contribution in [3.8, 4) is 11.1 Å². The molecule has 2 aromatic carbocycles. The van der Waals surface area contributed by atoms with E-state index < -0.39 is 6.10 Å². The Morgan fingerprint density at radius 3 is 2.04 bits per heavy atom. The highest BCUT2D eigenvalue weighted by molar-refractivity contribution is 5.85.